The van der Waals surface area contributed by atoms with E-state index < -0.39 is 23.6 Å². The molecule has 0 unspecified atom stereocenters. The smallest absolute Gasteiger partial charge is 0.268 e. The summed E-state index contributed by atoms with van der Waals surface area (Å²) in [4.78, 5) is 30.3. The van der Waals surface area contributed by atoms with Crippen LogP contribution in [0.5, 0.6) is 0 Å². The number of benzene rings is 2. The summed E-state index contributed by atoms with van der Waals surface area (Å²) >= 11 is 0. The van der Waals surface area contributed by atoms with Gasteiger partial charge in [-0.05, 0) is 30.3 Å². The van der Waals surface area contributed by atoms with Crippen molar-refractivity contribution in [3.63, 3.8) is 0 Å². The van der Waals surface area contributed by atoms with Crippen molar-refractivity contribution in [2.45, 2.75) is 6.18 Å². The molecule has 1 aliphatic rings. The van der Waals surface area contributed by atoms with Crippen LogP contribution >= 0.6 is 0 Å². The Kier molecular flexibility index (Phi) is 3.15. The maximum absolute atomic E-state index is 12.9. The fraction of sp³-hybridized carbons (Fsp3) is 0.0556. The number of aromatic nitrogens is 1. The van der Waals surface area contributed by atoms with Crippen LogP contribution in [-0.4, -0.2) is 16.8 Å². The molecule has 0 fully saturated rings. The van der Waals surface area contributed by atoms with Gasteiger partial charge in [0.05, 0.1) is 27.9 Å². The van der Waals surface area contributed by atoms with E-state index in [0.717, 1.165) is 17.0 Å². The second kappa shape index (κ2) is 5.14. The van der Waals surface area contributed by atoms with Crippen LogP contribution in [0.3, 0.4) is 0 Å². The van der Waals surface area contributed by atoms with Gasteiger partial charge < -0.3 is 0 Å². The van der Waals surface area contributed by atoms with Crippen LogP contribution in [-0.2, 0) is 6.18 Å². The third-order valence-electron chi connectivity index (χ3n) is 4.07. The van der Waals surface area contributed by atoms with Gasteiger partial charge in [-0.2, -0.15) is 13.2 Å². The second-order valence-electron chi connectivity index (χ2n) is 5.56. The molecule has 2 amide bonds. The Morgan fingerprint density at radius 3 is 2.36 bits per heavy atom. The minimum Gasteiger partial charge on any atom is -0.268 e. The van der Waals surface area contributed by atoms with E-state index in [4.69, 9.17) is 0 Å². The van der Waals surface area contributed by atoms with Crippen LogP contribution in [0.15, 0.2) is 54.7 Å². The van der Waals surface area contributed by atoms with Gasteiger partial charge >= 0.3 is 6.18 Å². The first-order valence-electron chi connectivity index (χ1n) is 7.32. The number of carbonyl (C=O) groups is 2. The summed E-state index contributed by atoms with van der Waals surface area (Å²) in [6.45, 7) is 0. The minimum absolute atomic E-state index is 0.0501. The summed E-state index contributed by atoms with van der Waals surface area (Å²) < 4.78 is 38.7. The molecule has 2 heterocycles. The Labute approximate surface area is 139 Å². The van der Waals surface area contributed by atoms with Gasteiger partial charge in [0.25, 0.3) is 11.8 Å². The van der Waals surface area contributed by atoms with Crippen molar-refractivity contribution in [2.75, 3.05) is 4.90 Å². The molecule has 0 spiro atoms. The number of nitrogens with zero attached hydrogens (tertiary/aromatic N) is 2. The van der Waals surface area contributed by atoms with Crippen LogP contribution in [0.25, 0.3) is 10.9 Å². The normalized spacial score (nSPS) is 14.3. The van der Waals surface area contributed by atoms with E-state index in [0.29, 0.717) is 17.0 Å². The number of imide groups is 1. The van der Waals surface area contributed by atoms with Gasteiger partial charge in [0.2, 0.25) is 0 Å². The molecule has 1 aromatic heterocycles. The highest BCUT2D eigenvalue weighted by atomic mass is 19.4. The summed E-state index contributed by atoms with van der Waals surface area (Å²) in [5.41, 5.74) is -0.600. The number of para-hydroxylation sites is 1. The number of halogens is 3. The molecule has 4 rings (SSSR count). The lowest BCUT2D eigenvalue weighted by atomic mass is 10.1. The Bertz CT molecular complexity index is 1040. The summed E-state index contributed by atoms with van der Waals surface area (Å²) in [6.07, 6.45) is -3.07. The van der Waals surface area contributed by atoms with Gasteiger partial charge in [-0.1, -0.05) is 18.2 Å². The summed E-state index contributed by atoms with van der Waals surface area (Å²) in [7, 11) is 0. The number of amides is 2. The standard InChI is InChI=1S/C18H9F3N2O2/c19-18(20,21)11-6-7-12-13(9-11)17(25)23(16(12)24)14-5-1-3-10-4-2-8-22-15(10)14/h1-9H. The van der Waals surface area contributed by atoms with Crippen molar-refractivity contribution in [3.8, 4) is 0 Å². The highest BCUT2D eigenvalue weighted by Gasteiger charge is 2.40. The molecule has 0 saturated heterocycles. The number of pyridine rings is 1. The number of hydrogen-bond acceptors (Lipinski definition) is 3. The summed E-state index contributed by atoms with van der Waals surface area (Å²) in [6, 6.07) is 11.0. The molecule has 1 aliphatic heterocycles. The molecule has 0 atom stereocenters. The van der Waals surface area contributed by atoms with E-state index in [9.17, 15) is 22.8 Å². The van der Waals surface area contributed by atoms with E-state index in [2.05, 4.69) is 4.98 Å². The molecule has 0 radical (unpaired) electrons. The Hall–Kier alpha value is -3.22. The second-order valence-corrected chi connectivity index (χ2v) is 5.56. The molecule has 0 bridgehead atoms. The zero-order valence-corrected chi connectivity index (χ0v) is 12.5. The van der Waals surface area contributed by atoms with Gasteiger partial charge in [-0.3, -0.25) is 14.6 Å². The predicted octanol–water partition coefficient (Wildman–Crippen LogP) is 4.05. The zero-order valence-electron chi connectivity index (χ0n) is 12.5. The fourth-order valence-electron chi connectivity index (χ4n) is 2.90. The van der Waals surface area contributed by atoms with Crippen LogP contribution in [0.1, 0.15) is 26.3 Å². The monoisotopic (exact) mass is 342 g/mol. The summed E-state index contributed by atoms with van der Waals surface area (Å²) in [5, 5.41) is 0.715. The highest BCUT2D eigenvalue weighted by molar-refractivity contribution is 6.35. The SMILES string of the molecule is O=C1c2ccc(C(F)(F)F)cc2C(=O)N1c1cccc2cccnc12. The average Bonchev–Trinajstić information content (AvgIpc) is 2.84. The lowest BCUT2D eigenvalue weighted by Crippen LogP contribution is -2.29. The third-order valence-corrected chi connectivity index (χ3v) is 4.07. The van der Waals surface area contributed by atoms with E-state index in [-0.39, 0.29) is 16.8 Å². The van der Waals surface area contributed by atoms with Gasteiger partial charge in [-0.25, -0.2) is 4.90 Å². The van der Waals surface area contributed by atoms with Gasteiger partial charge in [0.1, 0.15) is 0 Å². The van der Waals surface area contributed by atoms with Crippen LogP contribution < -0.4 is 4.90 Å². The largest absolute Gasteiger partial charge is 0.416 e. The lowest BCUT2D eigenvalue weighted by molar-refractivity contribution is -0.137. The molecule has 0 aliphatic carbocycles. The minimum atomic E-state index is -4.59. The fourth-order valence-corrected chi connectivity index (χ4v) is 2.90. The first-order chi connectivity index (χ1) is 11.9. The van der Waals surface area contributed by atoms with Gasteiger partial charge in [0.15, 0.2) is 0 Å². The molecular weight excluding hydrogens is 333 g/mol. The zero-order chi connectivity index (χ0) is 17.8. The molecular formula is C18H9F3N2O2. The van der Waals surface area contributed by atoms with Crippen molar-refractivity contribution in [2.24, 2.45) is 0 Å². The van der Waals surface area contributed by atoms with Crippen molar-refractivity contribution in [1.29, 1.82) is 0 Å². The Balaban J connectivity index is 1.88. The number of anilines is 1. The van der Waals surface area contributed by atoms with Crippen LogP contribution in [0.2, 0.25) is 0 Å². The first kappa shape index (κ1) is 15.3. The number of rotatable bonds is 1. The third kappa shape index (κ3) is 2.27. The van der Waals surface area contributed by atoms with Crippen molar-refractivity contribution in [3.05, 3.63) is 71.4 Å². The topological polar surface area (TPSA) is 50.3 Å². The number of fused-ring (bicyclic) bond motifs is 2. The van der Waals surface area contributed by atoms with Gasteiger partial charge in [0, 0.05) is 11.6 Å². The van der Waals surface area contributed by atoms with Crippen molar-refractivity contribution < 1.29 is 22.8 Å². The Morgan fingerprint density at radius 1 is 0.880 bits per heavy atom. The lowest BCUT2D eigenvalue weighted by Gasteiger charge is -2.15. The van der Waals surface area contributed by atoms with E-state index in [1.54, 1.807) is 30.3 Å². The molecule has 4 nitrogen and oxygen atoms in total. The van der Waals surface area contributed by atoms with E-state index >= 15 is 0 Å². The maximum atomic E-state index is 12.9. The van der Waals surface area contributed by atoms with Crippen molar-refractivity contribution in [1.82, 2.24) is 4.98 Å². The van der Waals surface area contributed by atoms with Crippen LogP contribution in [0.4, 0.5) is 18.9 Å². The molecule has 2 aromatic carbocycles. The Morgan fingerprint density at radius 2 is 1.60 bits per heavy atom. The molecule has 25 heavy (non-hydrogen) atoms. The number of alkyl halides is 3. The highest BCUT2D eigenvalue weighted by Crippen LogP contribution is 2.36. The average molecular weight is 342 g/mol. The first-order valence-corrected chi connectivity index (χ1v) is 7.32. The maximum Gasteiger partial charge on any atom is 0.416 e. The van der Waals surface area contributed by atoms with E-state index in [1.807, 2.05) is 0 Å². The van der Waals surface area contributed by atoms with E-state index in [1.165, 1.54) is 6.20 Å². The number of carbonyl (C=O) groups excluding carboxylic acids is 2. The summed E-state index contributed by atoms with van der Waals surface area (Å²) in [5.74, 6) is -1.45. The molecule has 0 saturated carbocycles. The molecule has 124 valence electrons. The molecule has 7 heteroatoms. The quantitative estimate of drug-likeness (QED) is 0.627. The van der Waals surface area contributed by atoms with Gasteiger partial charge in [-0.15, -0.1) is 0 Å². The molecule has 3 aromatic rings. The van der Waals surface area contributed by atoms with Crippen molar-refractivity contribution >= 4 is 28.4 Å². The van der Waals surface area contributed by atoms with Crippen LogP contribution in [0, 0.1) is 0 Å². The predicted molar refractivity (Wildman–Crippen MR) is 84.3 cm³/mol. The molecule has 0 N–H and O–H groups in total. The number of hydrogen-bond donors (Lipinski definition) is 0.